The van der Waals surface area contributed by atoms with Crippen LogP contribution in [0.15, 0.2) is 4.42 Å². The van der Waals surface area contributed by atoms with Gasteiger partial charge in [-0.2, -0.15) is 0 Å². The Morgan fingerprint density at radius 3 is 3.06 bits per heavy atom. The summed E-state index contributed by atoms with van der Waals surface area (Å²) in [4.78, 5) is 13.2. The number of nitrogens with zero attached hydrogens (tertiary/aromatic N) is 3. The first-order valence-electron chi connectivity index (χ1n) is 5.92. The summed E-state index contributed by atoms with van der Waals surface area (Å²) in [6, 6.07) is 0.241. The Labute approximate surface area is 100 Å². The minimum absolute atomic E-state index is 0.0329. The van der Waals surface area contributed by atoms with Crippen LogP contribution in [0.4, 0.5) is 0 Å². The number of carbonyl (C=O) groups excluding carboxylic acids is 1. The molecule has 1 fully saturated rings. The van der Waals surface area contributed by atoms with Crippen molar-refractivity contribution in [3.8, 4) is 0 Å². The van der Waals surface area contributed by atoms with Gasteiger partial charge in [-0.25, -0.2) is 0 Å². The number of amides is 1. The Kier molecular flexibility index (Phi) is 3.73. The van der Waals surface area contributed by atoms with Crippen molar-refractivity contribution in [2.45, 2.75) is 39.3 Å². The zero-order valence-corrected chi connectivity index (χ0v) is 10.3. The van der Waals surface area contributed by atoms with Crippen LogP contribution in [0, 0.1) is 6.92 Å². The van der Waals surface area contributed by atoms with E-state index in [0.29, 0.717) is 18.3 Å². The summed E-state index contributed by atoms with van der Waals surface area (Å²) < 4.78 is 5.35. The first kappa shape index (κ1) is 12.0. The minimum Gasteiger partial charge on any atom is -0.424 e. The molecule has 0 radical (unpaired) electrons. The molecule has 94 valence electrons. The van der Waals surface area contributed by atoms with Crippen molar-refractivity contribution in [1.29, 1.82) is 0 Å². The Morgan fingerprint density at radius 1 is 1.59 bits per heavy atom. The standard InChI is InChI=1S/C11H18N4O2/c1-8(16)12-10-4-3-5-15(6-10)7-11-14-13-9(2)17-11/h10H,3-7H2,1-2H3,(H,12,16). The second-order valence-corrected chi connectivity index (χ2v) is 4.49. The molecule has 1 saturated heterocycles. The van der Waals surface area contributed by atoms with Gasteiger partial charge in [0, 0.05) is 26.4 Å². The highest BCUT2D eigenvalue weighted by Gasteiger charge is 2.21. The lowest BCUT2D eigenvalue weighted by Gasteiger charge is -2.31. The summed E-state index contributed by atoms with van der Waals surface area (Å²) in [6.07, 6.45) is 2.12. The zero-order valence-electron chi connectivity index (χ0n) is 10.3. The van der Waals surface area contributed by atoms with Crippen LogP contribution in [0.5, 0.6) is 0 Å². The number of aryl methyl sites for hydroxylation is 1. The number of aromatic nitrogens is 2. The molecule has 1 aromatic heterocycles. The Morgan fingerprint density at radius 2 is 2.41 bits per heavy atom. The van der Waals surface area contributed by atoms with Crippen molar-refractivity contribution in [3.63, 3.8) is 0 Å². The lowest BCUT2D eigenvalue weighted by atomic mass is 10.1. The van der Waals surface area contributed by atoms with Crippen LogP contribution in [0.25, 0.3) is 0 Å². The number of piperidine rings is 1. The summed E-state index contributed by atoms with van der Waals surface area (Å²) in [5.41, 5.74) is 0. The molecule has 1 aliphatic heterocycles. The van der Waals surface area contributed by atoms with Crippen LogP contribution >= 0.6 is 0 Å². The third-order valence-electron chi connectivity index (χ3n) is 2.84. The van der Waals surface area contributed by atoms with Gasteiger partial charge in [-0.05, 0) is 19.4 Å². The van der Waals surface area contributed by atoms with Gasteiger partial charge in [0.25, 0.3) is 0 Å². The van der Waals surface area contributed by atoms with E-state index < -0.39 is 0 Å². The molecule has 0 bridgehead atoms. The third-order valence-corrected chi connectivity index (χ3v) is 2.84. The summed E-state index contributed by atoms with van der Waals surface area (Å²) in [5, 5.41) is 10.7. The van der Waals surface area contributed by atoms with Crippen LogP contribution in [-0.2, 0) is 11.3 Å². The molecule has 0 aliphatic carbocycles. The second kappa shape index (κ2) is 5.27. The van der Waals surface area contributed by atoms with E-state index in [0.717, 1.165) is 25.9 Å². The van der Waals surface area contributed by atoms with Crippen molar-refractivity contribution in [1.82, 2.24) is 20.4 Å². The van der Waals surface area contributed by atoms with Crippen molar-refractivity contribution in [2.24, 2.45) is 0 Å². The molecule has 1 amide bonds. The van der Waals surface area contributed by atoms with Gasteiger partial charge in [0.15, 0.2) is 0 Å². The Hall–Kier alpha value is -1.43. The van der Waals surface area contributed by atoms with Gasteiger partial charge >= 0.3 is 0 Å². The van der Waals surface area contributed by atoms with Gasteiger partial charge in [-0.3, -0.25) is 9.69 Å². The van der Waals surface area contributed by atoms with Crippen molar-refractivity contribution < 1.29 is 9.21 Å². The van der Waals surface area contributed by atoms with Crippen molar-refractivity contribution in [3.05, 3.63) is 11.8 Å². The van der Waals surface area contributed by atoms with E-state index >= 15 is 0 Å². The fourth-order valence-corrected chi connectivity index (χ4v) is 2.20. The molecule has 1 aromatic rings. The molecular weight excluding hydrogens is 220 g/mol. The molecule has 6 heteroatoms. The topological polar surface area (TPSA) is 71.3 Å². The SMILES string of the molecule is CC(=O)NC1CCCN(Cc2nnc(C)o2)C1. The summed E-state index contributed by atoms with van der Waals surface area (Å²) in [6.45, 7) is 5.86. The van der Waals surface area contributed by atoms with E-state index in [9.17, 15) is 4.79 Å². The Balaban J connectivity index is 1.87. The van der Waals surface area contributed by atoms with Crippen LogP contribution in [-0.4, -0.2) is 40.1 Å². The lowest BCUT2D eigenvalue weighted by Crippen LogP contribution is -2.46. The second-order valence-electron chi connectivity index (χ2n) is 4.49. The molecule has 1 atom stereocenters. The first-order valence-corrected chi connectivity index (χ1v) is 5.92. The fraction of sp³-hybridized carbons (Fsp3) is 0.727. The minimum atomic E-state index is 0.0329. The molecule has 1 unspecified atom stereocenters. The van der Waals surface area contributed by atoms with E-state index in [1.54, 1.807) is 13.8 Å². The van der Waals surface area contributed by atoms with E-state index in [-0.39, 0.29) is 11.9 Å². The normalized spacial score (nSPS) is 21.4. The largest absolute Gasteiger partial charge is 0.424 e. The van der Waals surface area contributed by atoms with Gasteiger partial charge in [0.05, 0.1) is 6.54 Å². The van der Waals surface area contributed by atoms with Gasteiger partial charge < -0.3 is 9.73 Å². The number of rotatable bonds is 3. The molecule has 1 aliphatic rings. The summed E-state index contributed by atoms with van der Waals surface area (Å²) in [7, 11) is 0. The average molecular weight is 238 g/mol. The number of hydrogen-bond donors (Lipinski definition) is 1. The maximum Gasteiger partial charge on any atom is 0.230 e. The van der Waals surface area contributed by atoms with Gasteiger partial charge in [0.1, 0.15) is 0 Å². The monoisotopic (exact) mass is 238 g/mol. The lowest BCUT2D eigenvalue weighted by molar-refractivity contribution is -0.120. The van der Waals surface area contributed by atoms with Gasteiger partial charge in [0.2, 0.25) is 17.7 Å². The maximum absolute atomic E-state index is 11.0. The molecular formula is C11H18N4O2. The van der Waals surface area contributed by atoms with E-state index in [4.69, 9.17) is 4.42 Å². The summed E-state index contributed by atoms with van der Waals surface area (Å²) >= 11 is 0. The Bertz CT molecular complexity index is 391. The zero-order chi connectivity index (χ0) is 12.3. The van der Waals surface area contributed by atoms with Gasteiger partial charge in [-0.15, -0.1) is 10.2 Å². The highest BCUT2D eigenvalue weighted by molar-refractivity contribution is 5.73. The molecule has 0 spiro atoms. The molecule has 1 N–H and O–H groups in total. The number of hydrogen-bond acceptors (Lipinski definition) is 5. The number of nitrogens with one attached hydrogen (secondary N) is 1. The van der Waals surface area contributed by atoms with Crippen molar-refractivity contribution >= 4 is 5.91 Å². The highest BCUT2D eigenvalue weighted by atomic mass is 16.4. The first-order chi connectivity index (χ1) is 8.13. The average Bonchev–Trinajstić information content (AvgIpc) is 2.63. The molecule has 6 nitrogen and oxygen atoms in total. The number of carbonyl (C=O) groups is 1. The molecule has 17 heavy (non-hydrogen) atoms. The van der Waals surface area contributed by atoms with E-state index in [1.807, 2.05) is 0 Å². The molecule has 0 saturated carbocycles. The predicted molar refractivity (Wildman–Crippen MR) is 61.2 cm³/mol. The molecule has 2 heterocycles. The fourth-order valence-electron chi connectivity index (χ4n) is 2.20. The smallest absolute Gasteiger partial charge is 0.230 e. The predicted octanol–water partition coefficient (Wildman–Crippen LogP) is 0.479. The third kappa shape index (κ3) is 3.52. The maximum atomic E-state index is 11.0. The molecule has 0 aromatic carbocycles. The van der Waals surface area contributed by atoms with Crippen molar-refractivity contribution in [2.75, 3.05) is 13.1 Å². The van der Waals surface area contributed by atoms with Crippen LogP contribution in [0.1, 0.15) is 31.5 Å². The van der Waals surface area contributed by atoms with E-state index in [2.05, 4.69) is 20.4 Å². The van der Waals surface area contributed by atoms with Crippen LogP contribution < -0.4 is 5.32 Å². The number of likely N-dealkylation sites (tertiary alicyclic amines) is 1. The van der Waals surface area contributed by atoms with Gasteiger partial charge in [-0.1, -0.05) is 0 Å². The molecule has 2 rings (SSSR count). The summed E-state index contributed by atoms with van der Waals surface area (Å²) in [5.74, 6) is 1.27. The van der Waals surface area contributed by atoms with E-state index in [1.165, 1.54) is 0 Å². The van der Waals surface area contributed by atoms with Crippen LogP contribution in [0.2, 0.25) is 0 Å². The quantitative estimate of drug-likeness (QED) is 0.829. The highest BCUT2D eigenvalue weighted by Crippen LogP contribution is 2.13. The van der Waals surface area contributed by atoms with Crippen LogP contribution in [0.3, 0.4) is 0 Å².